The highest BCUT2D eigenvalue weighted by Gasteiger charge is 2.00. The van der Waals surface area contributed by atoms with Gasteiger partial charge in [-0.2, -0.15) is 0 Å². The molecule has 1 rings (SSSR count). The second-order valence-electron chi connectivity index (χ2n) is 1.69. The summed E-state index contributed by atoms with van der Waals surface area (Å²) in [6.45, 7) is 0. The zero-order valence-corrected chi connectivity index (χ0v) is 6.50. The molecule has 52 valence electrons. The van der Waals surface area contributed by atoms with E-state index >= 15 is 0 Å². The molecule has 0 amide bonds. The molecule has 0 aliphatic heterocycles. The molecule has 2 nitrogen and oxygen atoms in total. The minimum absolute atomic E-state index is 0.346. The number of hydrogen-bond donors (Lipinski definition) is 1. The molecule has 1 heterocycles. The van der Waals surface area contributed by atoms with Crippen LogP contribution in [0.1, 0.15) is 10.4 Å². The fraction of sp³-hybridized carbons (Fsp3) is 0. The van der Waals surface area contributed by atoms with Crippen LogP contribution in [-0.2, 0) is 0 Å². The van der Waals surface area contributed by atoms with E-state index in [9.17, 15) is 4.79 Å². The number of carbonyl (C=O) groups is 1. The van der Waals surface area contributed by atoms with Crippen LogP contribution in [-0.4, -0.2) is 10.2 Å². The van der Waals surface area contributed by atoms with Crippen LogP contribution in [0, 0.1) is 4.64 Å². The zero-order chi connectivity index (χ0) is 7.56. The van der Waals surface area contributed by atoms with Crippen LogP contribution < -0.4 is 0 Å². The van der Waals surface area contributed by atoms with Gasteiger partial charge in [-0.05, 0) is 23.7 Å². The molecule has 0 radical (unpaired) electrons. The van der Waals surface area contributed by atoms with Crippen molar-refractivity contribution in [1.82, 2.24) is 4.98 Å². The first-order valence-electron chi connectivity index (χ1n) is 2.59. The van der Waals surface area contributed by atoms with Gasteiger partial charge in [0.05, 0.1) is 5.56 Å². The zero-order valence-electron chi connectivity index (χ0n) is 4.93. The van der Waals surface area contributed by atoms with Crippen molar-refractivity contribution in [2.45, 2.75) is 0 Å². The molecule has 0 unspecified atom stereocenters. The van der Waals surface area contributed by atoms with Crippen molar-refractivity contribution in [3.63, 3.8) is 0 Å². The van der Waals surface area contributed by atoms with Crippen LogP contribution in [0.5, 0.6) is 0 Å². The van der Waals surface area contributed by atoms with Crippen molar-refractivity contribution in [3.8, 4) is 0 Å². The van der Waals surface area contributed by atoms with E-state index in [0.29, 0.717) is 10.2 Å². The van der Waals surface area contributed by atoms with E-state index in [1.165, 1.54) is 0 Å². The first-order valence-corrected chi connectivity index (χ1v) is 3.38. The Bertz CT molecular complexity index is 307. The van der Waals surface area contributed by atoms with Crippen LogP contribution in [0.15, 0.2) is 18.3 Å². The fourth-order valence-corrected chi connectivity index (χ4v) is 1.02. The number of carbonyl (C=O) groups excluding carboxylic acids is 1. The summed E-state index contributed by atoms with van der Waals surface area (Å²) in [5.41, 5.74) is 0.346. The van der Waals surface area contributed by atoms with E-state index in [0.717, 1.165) is 0 Å². The molecule has 1 aromatic rings. The largest absolute Gasteiger partial charge is 0.352 e. The molecule has 4 heteroatoms. The van der Waals surface area contributed by atoms with Gasteiger partial charge in [0.25, 0.3) is 5.24 Å². The summed E-state index contributed by atoms with van der Waals surface area (Å²) >= 11 is 9.95. The van der Waals surface area contributed by atoms with Gasteiger partial charge >= 0.3 is 0 Å². The minimum Gasteiger partial charge on any atom is -0.352 e. The quantitative estimate of drug-likeness (QED) is 0.521. The van der Waals surface area contributed by atoms with Gasteiger partial charge in [-0.25, -0.2) is 0 Å². The highest BCUT2D eigenvalue weighted by Crippen LogP contribution is 2.02. The Hall–Kier alpha value is -0.670. The number of hydrogen-bond acceptors (Lipinski definition) is 2. The lowest BCUT2D eigenvalue weighted by molar-refractivity contribution is 0.108. The lowest BCUT2D eigenvalue weighted by Crippen LogP contribution is -1.90. The van der Waals surface area contributed by atoms with Gasteiger partial charge in [0.1, 0.15) is 4.64 Å². The van der Waals surface area contributed by atoms with Crippen LogP contribution in [0.25, 0.3) is 0 Å². The highest BCUT2D eigenvalue weighted by molar-refractivity contribution is 7.71. The average Bonchev–Trinajstić information content (AvgIpc) is 1.88. The molecule has 1 N–H and O–H groups in total. The number of aromatic amines is 1. The van der Waals surface area contributed by atoms with Crippen molar-refractivity contribution >= 4 is 29.1 Å². The Balaban J connectivity index is 3.29. The van der Waals surface area contributed by atoms with Crippen molar-refractivity contribution < 1.29 is 4.79 Å². The molecule has 0 bridgehead atoms. The van der Waals surface area contributed by atoms with Crippen molar-refractivity contribution in [3.05, 3.63) is 28.5 Å². The summed E-state index contributed by atoms with van der Waals surface area (Å²) in [6.07, 6.45) is 1.64. The molecule has 0 aliphatic carbocycles. The van der Waals surface area contributed by atoms with Gasteiger partial charge in [-0.1, -0.05) is 12.2 Å². The van der Waals surface area contributed by atoms with Gasteiger partial charge in [0.2, 0.25) is 0 Å². The highest BCUT2D eigenvalue weighted by atomic mass is 35.5. The van der Waals surface area contributed by atoms with Crippen LogP contribution in [0.4, 0.5) is 0 Å². The summed E-state index contributed by atoms with van der Waals surface area (Å²) < 4.78 is 0.377. The van der Waals surface area contributed by atoms with Crippen LogP contribution in [0.2, 0.25) is 0 Å². The van der Waals surface area contributed by atoms with Crippen LogP contribution >= 0.6 is 23.8 Å². The maximum absolute atomic E-state index is 10.5. The third-order valence-corrected chi connectivity index (χ3v) is 1.57. The third kappa shape index (κ3) is 1.43. The van der Waals surface area contributed by atoms with E-state index < -0.39 is 5.24 Å². The lowest BCUT2D eigenvalue weighted by atomic mass is 10.3. The Morgan fingerprint density at radius 2 is 2.40 bits per heavy atom. The van der Waals surface area contributed by atoms with Crippen molar-refractivity contribution in [2.75, 3.05) is 0 Å². The van der Waals surface area contributed by atoms with Gasteiger partial charge < -0.3 is 4.98 Å². The van der Waals surface area contributed by atoms with Gasteiger partial charge in [-0.3, -0.25) is 4.79 Å². The molecule has 10 heavy (non-hydrogen) atoms. The van der Waals surface area contributed by atoms with E-state index in [2.05, 4.69) is 4.98 Å². The first-order chi connectivity index (χ1) is 4.72. The Kier molecular flexibility index (Phi) is 2.19. The molecular weight excluding hydrogens is 170 g/mol. The van der Waals surface area contributed by atoms with E-state index in [4.69, 9.17) is 23.8 Å². The molecule has 1 aromatic heterocycles. The van der Waals surface area contributed by atoms with E-state index in [-0.39, 0.29) is 0 Å². The van der Waals surface area contributed by atoms with Crippen molar-refractivity contribution in [1.29, 1.82) is 0 Å². The molecular formula is C6H4ClNOS. The topological polar surface area (TPSA) is 32.9 Å². The third-order valence-electron chi connectivity index (χ3n) is 1.03. The van der Waals surface area contributed by atoms with E-state index in [1.807, 2.05) is 0 Å². The maximum Gasteiger partial charge on any atom is 0.255 e. The monoisotopic (exact) mass is 173 g/mol. The Morgan fingerprint density at radius 3 is 2.80 bits per heavy atom. The predicted octanol–water partition coefficient (Wildman–Crippen LogP) is 2.12. The molecule has 0 spiro atoms. The first kappa shape index (κ1) is 7.44. The summed E-state index contributed by atoms with van der Waals surface area (Å²) in [5.74, 6) is 0. The number of nitrogens with one attached hydrogen (secondary N) is 1. The second kappa shape index (κ2) is 2.94. The summed E-state index contributed by atoms with van der Waals surface area (Å²) in [5, 5.41) is -0.526. The average molecular weight is 174 g/mol. The summed E-state index contributed by atoms with van der Waals surface area (Å²) in [6, 6.07) is 3.25. The molecule has 0 aromatic carbocycles. The molecule has 0 fully saturated rings. The van der Waals surface area contributed by atoms with Gasteiger partial charge in [0.15, 0.2) is 0 Å². The number of halogens is 1. The van der Waals surface area contributed by atoms with Crippen molar-refractivity contribution in [2.24, 2.45) is 0 Å². The normalized spacial score (nSPS) is 9.30. The van der Waals surface area contributed by atoms with Crippen LogP contribution in [0.3, 0.4) is 0 Å². The number of H-pyrrole nitrogens is 1. The van der Waals surface area contributed by atoms with E-state index in [1.54, 1.807) is 18.3 Å². The lowest BCUT2D eigenvalue weighted by Gasteiger charge is -1.90. The predicted molar refractivity (Wildman–Crippen MR) is 41.8 cm³/mol. The number of rotatable bonds is 1. The Labute approximate surface area is 67.8 Å². The SMILES string of the molecule is O=C(Cl)c1ccc[nH]c1=S. The second-order valence-corrected chi connectivity index (χ2v) is 2.44. The fourth-order valence-electron chi connectivity index (χ4n) is 0.576. The van der Waals surface area contributed by atoms with Gasteiger partial charge in [0, 0.05) is 6.20 Å². The molecule has 0 saturated carbocycles. The summed E-state index contributed by atoms with van der Waals surface area (Å²) in [4.78, 5) is 13.2. The smallest absolute Gasteiger partial charge is 0.255 e. The number of aromatic nitrogens is 1. The standard InChI is InChI=1S/C6H4ClNOS/c7-5(9)4-2-1-3-8-6(4)10/h1-3H,(H,8,10). The summed E-state index contributed by atoms with van der Waals surface area (Å²) in [7, 11) is 0. The molecule has 0 saturated heterocycles. The minimum atomic E-state index is -0.526. The van der Waals surface area contributed by atoms with Gasteiger partial charge in [-0.15, -0.1) is 0 Å². The molecule has 0 atom stereocenters. The number of pyridine rings is 1. The maximum atomic E-state index is 10.5. The molecule has 0 aliphatic rings. The Morgan fingerprint density at radius 1 is 1.70 bits per heavy atom.